The lowest BCUT2D eigenvalue weighted by molar-refractivity contribution is -0.117. The molecule has 0 spiro atoms. The second-order valence-electron chi connectivity index (χ2n) is 6.35. The van der Waals surface area contributed by atoms with Crippen LogP contribution in [0.25, 0.3) is 22.2 Å². The van der Waals surface area contributed by atoms with E-state index in [2.05, 4.69) is 15.3 Å². The number of nitrogens with zero attached hydrogens (tertiary/aromatic N) is 3. The van der Waals surface area contributed by atoms with Crippen LogP contribution < -0.4 is 10.1 Å². The van der Waals surface area contributed by atoms with E-state index in [9.17, 15) is 9.18 Å². The number of carbonyl (C=O) groups excluding carboxylic acids is 1. The molecular weight excluding hydrogens is 335 g/mol. The number of pyridine rings is 2. The van der Waals surface area contributed by atoms with Crippen LogP contribution >= 0.6 is 0 Å². The van der Waals surface area contributed by atoms with Crippen molar-refractivity contribution in [1.29, 1.82) is 0 Å². The molecule has 0 aliphatic heterocycles. The van der Waals surface area contributed by atoms with Crippen molar-refractivity contribution in [3.63, 3.8) is 0 Å². The number of rotatable bonds is 5. The third-order valence-corrected chi connectivity index (χ3v) is 4.56. The molecule has 3 aromatic rings. The van der Waals surface area contributed by atoms with E-state index in [1.54, 1.807) is 18.5 Å². The van der Waals surface area contributed by atoms with Gasteiger partial charge in [-0.05, 0) is 37.6 Å². The Bertz CT molecular complexity index is 985. The van der Waals surface area contributed by atoms with Gasteiger partial charge in [-0.3, -0.25) is 4.79 Å². The molecule has 0 unspecified atom stereocenters. The van der Waals surface area contributed by atoms with Crippen LogP contribution in [-0.4, -0.2) is 33.2 Å². The average molecular weight is 354 g/mol. The molecule has 0 saturated heterocycles. The number of aryl methyl sites for hydroxylation is 1. The fourth-order valence-electron chi connectivity index (χ4n) is 3.05. The van der Waals surface area contributed by atoms with E-state index in [0.717, 1.165) is 22.2 Å². The van der Waals surface area contributed by atoms with Crippen molar-refractivity contribution < 1.29 is 13.9 Å². The van der Waals surface area contributed by atoms with E-state index < -0.39 is 12.1 Å². The monoisotopic (exact) mass is 354 g/mol. The van der Waals surface area contributed by atoms with Crippen molar-refractivity contribution in [2.75, 3.05) is 11.9 Å². The maximum absolute atomic E-state index is 13.0. The zero-order valence-electron chi connectivity index (χ0n) is 14.6. The predicted octanol–water partition coefficient (Wildman–Crippen LogP) is 3.33. The highest BCUT2D eigenvalue weighted by Crippen LogP contribution is 2.35. The summed E-state index contributed by atoms with van der Waals surface area (Å²) < 4.78 is 20.7. The lowest BCUT2D eigenvalue weighted by atomic mass is 10.2. The van der Waals surface area contributed by atoms with E-state index in [1.165, 1.54) is 0 Å². The largest absolute Gasteiger partial charge is 0.477 e. The summed E-state index contributed by atoms with van der Waals surface area (Å²) in [5.74, 6) is 0.148. The maximum Gasteiger partial charge on any atom is 0.231 e. The number of fused-ring (bicyclic) bond motifs is 1. The summed E-state index contributed by atoms with van der Waals surface area (Å²) in [6.45, 7) is 2.45. The molecule has 26 heavy (non-hydrogen) atoms. The molecular formula is C19H19FN4O2. The Hall–Kier alpha value is -2.96. The van der Waals surface area contributed by atoms with E-state index in [4.69, 9.17) is 4.74 Å². The summed E-state index contributed by atoms with van der Waals surface area (Å²) >= 11 is 0. The number of nitrogens with one attached hydrogen (secondary N) is 1. The van der Waals surface area contributed by atoms with Gasteiger partial charge in [-0.1, -0.05) is 0 Å². The van der Waals surface area contributed by atoms with Crippen LogP contribution in [0.4, 0.5) is 10.2 Å². The van der Waals surface area contributed by atoms with Crippen LogP contribution in [0, 0.1) is 5.92 Å². The van der Waals surface area contributed by atoms with E-state index in [-0.39, 0.29) is 5.91 Å². The highest BCUT2D eigenvalue weighted by atomic mass is 19.1. The van der Waals surface area contributed by atoms with E-state index in [0.29, 0.717) is 24.7 Å². The van der Waals surface area contributed by atoms with Crippen LogP contribution in [0.3, 0.4) is 0 Å². The highest BCUT2D eigenvalue weighted by molar-refractivity contribution is 5.96. The Morgan fingerprint density at radius 2 is 2.23 bits per heavy atom. The molecule has 134 valence electrons. The van der Waals surface area contributed by atoms with Gasteiger partial charge in [0.15, 0.2) is 0 Å². The fourth-order valence-corrected chi connectivity index (χ4v) is 3.05. The average Bonchev–Trinajstić information content (AvgIpc) is 3.28. The Morgan fingerprint density at radius 3 is 2.96 bits per heavy atom. The first kappa shape index (κ1) is 16.5. The molecule has 1 aliphatic carbocycles. The van der Waals surface area contributed by atoms with Crippen LogP contribution in [0.1, 0.15) is 13.3 Å². The van der Waals surface area contributed by atoms with E-state index >= 15 is 0 Å². The Kier molecular flexibility index (Phi) is 4.06. The van der Waals surface area contributed by atoms with Gasteiger partial charge in [0, 0.05) is 18.6 Å². The fraction of sp³-hybridized carbons (Fsp3) is 0.316. The molecule has 1 aliphatic rings. The Morgan fingerprint density at radius 1 is 1.42 bits per heavy atom. The van der Waals surface area contributed by atoms with Crippen molar-refractivity contribution >= 4 is 22.6 Å². The van der Waals surface area contributed by atoms with Gasteiger partial charge in [-0.15, -0.1) is 0 Å². The third kappa shape index (κ3) is 2.89. The SMILES string of the molecule is CCOc1ncccc1-c1cc2cc(NC(=O)[C@@H]3C[C@@H]3F)ncc2n1C. The number of hydrogen-bond acceptors (Lipinski definition) is 4. The molecule has 3 aromatic heterocycles. The Balaban J connectivity index is 1.69. The molecule has 3 heterocycles. The topological polar surface area (TPSA) is 69.0 Å². The van der Waals surface area contributed by atoms with Crippen LogP contribution in [-0.2, 0) is 11.8 Å². The molecule has 7 heteroatoms. The van der Waals surface area contributed by atoms with Crippen molar-refractivity contribution in [2.24, 2.45) is 13.0 Å². The van der Waals surface area contributed by atoms with Crippen LogP contribution in [0.15, 0.2) is 36.7 Å². The van der Waals surface area contributed by atoms with Gasteiger partial charge in [-0.25, -0.2) is 14.4 Å². The van der Waals surface area contributed by atoms with Crippen molar-refractivity contribution in [3.8, 4) is 17.1 Å². The zero-order chi connectivity index (χ0) is 18.3. The molecule has 2 atom stereocenters. The molecule has 6 nitrogen and oxygen atoms in total. The Labute approximate surface area is 150 Å². The molecule has 0 aromatic carbocycles. The summed E-state index contributed by atoms with van der Waals surface area (Å²) in [5, 5.41) is 3.61. The number of anilines is 1. The van der Waals surface area contributed by atoms with Crippen molar-refractivity contribution in [2.45, 2.75) is 19.5 Å². The summed E-state index contributed by atoms with van der Waals surface area (Å²) in [5.41, 5.74) is 2.74. The zero-order valence-corrected chi connectivity index (χ0v) is 14.6. The number of hydrogen-bond donors (Lipinski definition) is 1. The molecule has 0 radical (unpaired) electrons. The van der Waals surface area contributed by atoms with E-state index in [1.807, 2.05) is 36.7 Å². The summed E-state index contributed by atoms with van der Waals surface area (Å²) in [7, 11) is 1.94. The first-order valence-electron chi connectivity index (χ1n) is 8.57. The first-order chi connectivity index (χ1) is 12.6. The number of carbonyl (C=O) groups is 1. The maximum atomic E-state index is 13.0. The third-order valence-electron chi connectivity index (χ3n) is 4.56. The first-order valence-corrected chi connectivity index (χ1v) is 8.57. The summed E-state index contributed by atoms with van der Waals surface area (Å²) in [4.78, 5) is 20.5. The number of ether oxygens (including phenoxy) is 1. The van der Waals surface area contributed by atoms with Crippen LogP contribution in [0.2, 0.25) is 0 Å². The minimum absolute atomic E-state index is 0.296. The normalized spacial score (nSPS) is 18.7. The molecule has 1 saturated carbocycles. The van der Waals surface area contributed by atoms with Gasteiger partial charge in [0.1, 0.15) is 12.0 Å². The lowest BCUT2D eigenvalue weighted by Gasteiger charge is -2.09. The van der Waals surface area contributed by atoms with Crippen molar-refractivity contribution in [1.82, 2.24) is 14.5 Å². The number of amides is 1. The molecule has 1 N–H and O–H groups in total. The quantitative estimate of drug-likeness (QED) is 0.763. The molecule has 4 rings (SSSR count). The highest BCUT2D eigenvalue weighted by Gasteiger charge is 2.43. The smallest absolute Gasteiger partial charge is 0.231 e. The van der Waals surface area contributed by atoms with Gasteiger partial charge in [-0.2, -0.15) is 0 Å². The number of alkyl halides is 1. The van der Waals surface area contributed by atoms with Crippen LogP contribution in [0.5, 0.6) is 5.88 Å². The summed E-state index contributed by atoms with van der Waals surface area (Å²) in [6.07, 6.45) is 2.67. The number of aromatic nitrogens is 3. The minimum Gasteiger partial charge on any atom is -0.477 e. The second-order valence-corrected chi connectivity index (χ2v) is 6.35. The van der Waals surface area contributed by atoms with Gasteiger partial charge in [0.05, 0.1) is 35.5 Å². The second kappa shape index (κ2) is 6.40. The van der Waals surface area contributed by atoms with Gasteiger partial charge < -0.3 is 14.6 Å². The predicted molar refractivity (Wildman–Crippen MR) is 96.7 cm³/mol. The number of halogens is 1. The molecule has 1 fully saturated rings. The molecule has 0 bridgehead atoms. The van der Waals surface area contributed by atoms with Gasteiger partial charge >= 0.3 is 0 Å². The minimum atomic E-state index is -1.02. The lowest BCUT2D eigenvalue weighted by Crippen LogP contribution is -2.15. The standard InChI is InChI=1S/C19H19FN4O2/c1-3-26-19-12(5-4-6-21-19)15-7-11-8-17(22-10-16(11)24(15)2)23-18(25)13-9-14(13)20/h4-8,10,13-14H,3,9H2,1-2H3,(H,22,23,25)/t13-,14+/m1/s1. The molecule has 1 amide bonds. The van der Waals surface area contributed by atoms with Gasteiger partial charge in [0.25, 0.3) is 0 Å². The summed E-state index contributed by atoms with van der Waals surface area (Å²) in [6, 6.07) is 7.61. The van der Waals surface area contributed by atoms with Crippen molar-refractivity contribution in [3.05, 3.63) is 36.7 Å². The van der Waals surface area contributed by atoms with Gasteiger partial charge in [0.2, 0.25) is 11.8 Å².